The molecule has 0 radical (unpaired) electrons. The SMILES string of the molecule is NC1CC(=O)N2CC(OCc3cc(C(F)(F)F)cc(C(F)(F)F)c3)CC12. The zero-order valence-electron chi connectivity index (χ0n) is 13.4. The number of hydrogen-bond donors (Lipinski definition) is 1. The highest BCUT2D eigenvalue weighted by Gasteiger charge is 2.45. The molecule has 2 saturated heterocycles. The van der Waals surface area contributed by atoms with E-state index in [1.165, 1.54) is 0 Å². The summed E-state index contributed by atoms with van der Waals surface area (Å²) in [6, 6.07) is 0.832. The van der Waals surface area contributed by atoms with Gasteiger partial charge in [0.2, 0.25) is 5.91 Å². The lowest BCUT2D eigenvalue weighted by Gasteiger charge is -2.16. The summed E-state index contributed by atoms with van der Waals surface area (Å²) >= 11 is 0. The van der Waals surface area contributed by atoms with Crippen LogP contribution in [0, 0.1) is 0 Å². The van der Waals surface area contributed by atoms with Gasteiger partial charge in [-0.3, -0.25) is 4.79 Å². The summed E-state index contributed by atoms with van der Waals surface area (Å²) in [5, 5.41) is 0. The van der Waals surface area contributed by atoms with Crippen LogP contribution in [0.1, 0.15) is 29.5 Å². The van der Waals surface area contributed by atoms with Gasteiger partial charge in [0.15, 0.2) is 0 Å². The van der Waals surface area contributed by atoms with E-state index in [2.05, 4.69) is 0 Å². The molecule has 4 nitrogen and oxygen atoms in total. The summed E-state index contributed by atoms with van der Waals surface area (Å²) in [4.78, 5) is 13.3. The van der Waals surface area contributed by atoms with Gasteiger partial charge in [-0.2, -0.15) is 26.3 Å². The summed E-state index contributed by atoms with van der Waals surface area (Å²) in [6.45, 7) is -0.177. The van der Waals surface area contributed by atoms with Crippen LogP contribution in [0.3, 0.4) is 0 Å². The van der Waals surface area contributed by atoms with Crippen molar-refractivity contribution in [1.29, 1.82) is 0 Å². The molecule has 0 spiro atoms. The van der Waals surface area contributed by atoms with Crippen molar-refractivity contribution in [3.63, 3.8) is 0 Å². The Bertz CT molecular complexity index is 671. The molecule has 1 aromatic carbocycles. The second-order valence-electron chi connectivity index (χ2n) is 6.56. The first-order valence-electron chi connectivity index (χ1n) is 7.90. The standard InChI is InChI=1S/C16H16F6N2O2/c17-15(18,19)9-1-8(2-10(3-9)16(20,21)22)7-26-11-4-13-12(23)5-14(25)24(13)6-11/h1-3,11-13H,4-7,23H2. The topological polar surface area (TPSA) is 55.6 Å². The van der Waals surface area contributed by atoms with Gasteiger partial charge in [0.25, 0.3) is 0 Å². The Morgan fingerprint density at radius 2 is 1.65 bits per heavy atom. The number of hydrogen-bond acceptors (Lipinski definition) is 3. The Kier molecular flexibility index (Phi) is 4.68. The van der Waals surface area contributed by atoms with E-state index in [0.717, 1.165) is 0 Å². The minimum absolute atomic E-state index is 0.0762. The van der Waals surface area contributed by atoms with Crippen molar-refractivity contribution in [3.8, 4) is 0 Å². The van der Waals surface area contributed by atoms with Crippen LogP contribution >= 0.6 is 0 Å². The fourth-order valence-electron chi connectivity index (χ4n) is 3.41. The van der Waals surface area contributed by atoms with E-state index in [4.69, 9.17) is 10.5 Å². The number of carbonyl (C=O) groups is 1. The van der Waals surface area contributed by atoms with E-state index < -0.39 is 36.2 Å². The highest BCUT2D eigenvalue weighted by atomic mass is 19.4. The normalized spacial score (nSPS) is 26.5. The van der Waals surface area contributed by atoms with Gasteiger partial charge in [-0.25, -0.2) is 0 Å². The molecule has 2 aliphatic rings. The lowest BCUT2D eigenvalue weighted by molar-refractivity contribution is -0.143. The molecule has 26 heavy (non-hydrogen) atoms. The number of halogens is 6. The number of fused-ring (bicyclic) bond motifs is 1. The molecule has 144 valence electrons. The molecule has 0 bridgehead atoms. The van der Waals surface area contributed by atoms with Crippen LogP contribution in [0.4, 0.5) is 26.3 Å². The molecule has 3 rings (SSSR count). The second kappa shape index (κ2) is 6.41. The van der Waals surface area contributed by atoms with Crippen LogP contribution < -0.4 is 5.73 Å². The Hall–Kier alpha value is -1.81. The van der Waals surface area contributed by atoms with E-state index in [9.17, 15) is 31.1 Å². The molecule has 0 saturated carbocycles. The molecular formula is C16H16F6N2O2. The van der Waals surface area contributed by atoms with E-state index in [0.29, 0.717) is 18.6 Å². The molecule has 3 atom stereocenters. The second-order valence-corrected chi connectivity index (χ2v) is 6.56. The van der Waals surface area contributed by atoms with E-state index >= 15 is 0 Å². The molecule has 0 aromatic heterocycles. The third kappa shape index (κ3) is 3.80. The number of alkyl halides is 6. The van der Waals surface area contributed by atoms with Crippen molar-refractivity contribution in [2.75, 3.05) is 6.54 Å². The van der Waals surface area contributed by atoms with Crippen molar-refractivity contribution in [3.05, 3.63) is 34.9 Å². The smallest absolute Gasteiger partial charge is 0.372 e. The van der Waals surface area contributed by atoms with Crippen LogP contribution in [0.2, 0.25) is 0 Å². The lowest BCUT2D eigenvalue weighted by Crippen LogP contribution is -2.35. The molecule has 2 aliphatic heterocycles. The van der Waals surface area contributed by atoms with E-state index in [1.54, 1.807) is 4.90 Å². The number of ether oxygens (including phenoxy) is 1. The van der Waals surface area contributed by atoms with Gasteiger partial charge in [-0.05, 0) is 30.2 Å². The monoisotopic (exact) mass is 382 g/mol. The number of rotatable bonds is 3. The molecule has 1 aromatic rings. The Morgan fingerprint density at radius 3 is 2.15 bits per heavy atom. The Labute approximate surface area is 144 Å². The average Bonchev–Trinajstić information content (AvgIpc) is 3.05. The number of nitrogens with two attached hydrogens (primary N) is 1. The first kappa shape index (κ1) is 19.0. The van der Waals surface area contributed by atoms with Crippen LogP contribution in [-0.4, -0.2) is 35.5 Å². The van der Waals surface area contributed by atoms with Gasteiger partial charge in [0.05, 0.1) is 23.8 Å². The number of nitrogens with zero attached hydrogens (tertiary/aromatic N) is 1. The maximum atomic E-state index is 12.9. The van der Waals surface area contributed by atoms with Crippen molar-refractivity contribution in [1.82, 2.24) is 4.90 Å². The molecule has 2 N–H and O–H groups in total. The quantitative estimate of drug-likeness (QED) is 0.818. The van der Waals surface area contributed by atoms with Gasteiger partial charge in [-0.15, -0.1) is 0 Å². The van der Waals surface area contributed by atoms with Crippen LogP contribution in [-0.2, 0) is 28.5 Å². The van der Waals surface area contributed by atoms with Gasteiger partial charge >= 0.3 is 12.4 Å². The van der Waals surface area contributed by atoms with Crippen LogP contribution in [0.15, 0.2) is 18.2 Å². The molecule has 2 fully saturated rings. The Balaban J connectivity index is 1.73. The van der Waals surface area contributed by atoms with Crippen molar-refractivity contribution < 1.29 is 35.9 Å². The van der Waals surface area contributed by atoms with Gasteiger partial charge in [-0.1, -0.05) is 0 Å². The fourth-order valence-corrected chi connectivity index (χ4v) is 3.41. The maximum Gasteiger partial charge on any atom is 0.416 e. The van der Waals surface area contributed by atoms with E-state index in [-0.39, 0.29) is 42.6 Å². The third-order valence-corrected chi connectivity index (χ3v) is 4.66. The molecule has 3 unspecified atom stereocenters. The number of amides is 1. The number of carbonyl (C=O) groups excluding carboxylic acids is 1. The zero-order valence-corrected chi connectivity index (χ0v) is 13.4. The molecule has 0 aliphatic carbocycles. The summed E-state index contributed by atoms with van der Waals surface area (Å²) in [5.74, 6) is -0.118. The zero-order chi connectivity index (χ0) is 19.3. The Morgan fingerprint density at radius 1 is 1.08 bits per heavy atom. The summed E-state index contributed by atoms with van der Waals surface area (Å²) < 4.78 is 82.6. The first-order chi connectivity index (χ1) is 11.9. The number of benzene rings is 1. The molecule has 10 heteroatoms. The van der Waals surface area contributed by atoms with Gasteiger partial charge in [0.1, 0.15) is 0 Å². The van der Waals surface area contributed by atoms with Crippen molar-refractivity contribution in [2.45, 2.75) is 50.0 Å². The molecular weight excluding hydrogens is 366 g/mol. The van der Waals surface area contributed by atoms with Crippen molar-refractivity contribution in [2.24, 2.45) is 5.73 Å². The molecule has 1 amide bonds. The maximum absolute atomic E-state index is 12.9. The lowest BCUT2D eigenvalue weighted by atomic mass is 10.0. The first-order valence-corrected chi connectivity index (χ1v) is 7.90. The van der Waals surface area contributed by atoms with Crippen molar-refractivity contribution >= 4 is 5.91 Å². The predicted octanol–water partition coefficient (Wildman–Crippen LogP) is 2.94. The highest BCUT2D eigenvalue weighted by Crippen LogP contribution is 2.37. The minimum atomic E-state index is -4.90. The summed E-state index contributed by atoms with van der Waals surface area (Å²) in [7, 11) is 0. The van der Waals surface area contributed by atoms with Gasteiger partial charge < -0.3 is 15.4 Å². The fraction of sp³-hybridized carbons (Fsp3) is 0.562. The largest absolute Gasteiger partial charge is 0.416 e. The molecule has 2 heterocycles. The van der Waals surface area contributed by atoms with E-state index in [1.807, 2.05) is 0 Å². The van der Waals surface area contributed by atoms with Crippen LogP contribution in [0.25, 0.3) is 0 Å². The predicted molar refractivity (Wildman–Crippen MR) is 77.7 cm³/mol. The minimum Gasteiger partial charge on any atom is -0.372 e. The van der Waals surface area contributed by atoms with Crippen LogP contribution in [0.5, 0.6) is 0 Å². The third-order valence-electron chi connectivity index (χ3n) is 4.66. The highest BCUT2D eigenvalue weighted by molar-refractivity contribution is 5.80. The summed E-state index contributed by atoms with van der Waals surface area (Å²) in [6.07, 6.45) is -9.62. The average molecular weight is 382 g/mol. The summed E-state index contributed by atoms with van der Waals surface area (Å²) in [5.41, 5.74) is 2.86. The van der Waals surface area contributed by atoms with Gasteiger partial charge in [0, 0.05) is 25.0 Å².